The smallest absolute Gasteiger partial charge is 0.278 e. The molecule has 0 fully saturated rings. The van der Waals surface area contributed by atoms with Gasteiger partial charge in [0.1, 0.15) is 5.69 Å². The van der Waals surface area contributed by atoms with Gasteiger partial charge in [0.2, 0.25) is 5.95 Å². The maximum atomic E-state index is 11.5. The lowest BCUT2D eigenvalue weighted by atomic mass is 10.3. The highest BCUT2D eigenvalue weighted by molar-refractivity contribution is 6.05. The van der Waals surface area contributed by atoms with Crippen LogP contribution >= 0.6 is 0 Å². The number of amides is 1. The highest BCUT2D eigenvalue weighted by Gasteiger charge is 2.12. The second-order valence-electron chi connectivity index (χ2n) is 2.59. The van der Waals surface area contributed by atoms with Gasteiger partial charge in [-0.3, -0.25) is 15.2 Å². The minimum absolute atomic E-state index is 0.224. The maximum Gasteiger partial charge on any atom is 0.278 e. The normalized spacial score (nSPS) is 10.0. The molecular formula is C7H8N6O. The zero-order valence-corrected chi connectivity index (χ0v) is 7.11. The van der Waals surface area contributed by atoms with Crippen molar-refractivity contribution in [1.29, 1.82) is 0 Å². The van der Waals surface area contributed by atoms with Crippen LogP contribution in [0.4, 0.5) is 11.6 Å². The van der Waals surface area contributed by atoms with E-state index < -0.39 is 0 Å². The van der Waals surface area contributed by atoms with Gasteiger partial charge in [0, 0.05) is 12.4 Å². The molecule has 0 radical (unpaired) electrons. The molecule has 2 aromatic heterocycles. The number of aromatic amines is 2. The van der Waals surface area contributed by atoms with E-state index in [0.717, 1.165) is 0 Å². The Morgan fingerprint density at radius 3 is 3.00 bits per heavy atom. The first-order valence-electron chi connectivity index (χ1n) is 3.87. The van der Waals surface area contributed by atoms with Crippen molar-refractivity contribution in [3.8, 4) is 0 Å². The van der Waals surface area contributed by atoms with Crippen LogP contribution < -0.4 is 11.1 Å². The number of carbonyl (C=O) groups is 1. The van der Waals surface area contributed by atoms with Crippen molar-refractivity contribution in [2.24, 2.45) is 0 Å². The largest absolute Gasteiger partial charge is 0.396 e. The Bertz CT molecular complexity index is 431. The fourth-order valence-corrected chi connectivity index (χ4v) is 0.981. The summed E-state index contributed by atoms with van der Waals surface area (Å²) in [5.41, 5.74) is 6.01. The molecule has 0 spiro atoms. The van der Waals surface area contributed by atoms with Gasteiger partial charge < -0.3 is 10.7 Å². The minimum Gasteiger partial charge on any atom is -0.396 e. The Labute approximate surface area is 78.7 Å². The summed E-state index contributed by atoms with van der Waals surface area (Å²) >= 11 is 0. The van der Waals surface area contributed by atoms with Crippen LogP contribution in [-0.4, -0.2) is 26.1 Å². The Hall–Kier alpha value is -2.31. The molecule has 5 N–H and O–H groups in total. The molecule has 0 saturated carbocycles. The Kier molecular flexibility index (Phi) is 1.90. The van der Waals surface area contributed by atoms with Crippen molar-refractivity contribution >= 4 is 17.5 Å². The lowest BCUT2D eigenvalue weighted by molar-refractivity contribution is 0.102. The number of nitrogens with two attached hydrogens (primary N) is 1. The van der Waals surface area contributed by atoms with Gasteiger partial charge in [-0.15, -0.1) is 0 Å². The highest BCUT2D eigenvalue weighted by Crippen LogP contribution is 2.07. The molecule has 0 aliphatic rings. The molecule has 0 atom stereocenters. The van der Waals surface area contributed by atoms with Crippen LogP contribution in [0.2, 0.25) is 0 Å². The van der Waals surface area contributed by atoms with E-state index in [1.165, 1.54) is 12.4 Å². The van der Waals surface area contributed by atoms with Crippen molar-refractivity contribution in [3.05, 3.63) is 24.3 Å². The number of hydrogen-bond acceptors (Lipinski definition) is 4. The average molecular weight is 192 g/mol. The lowest BCUT2D eigenvalue weighted by Crippen LogP contribution is -2.14. The number of H-pyrrole nitrogens is 2. The highest BCUT2D eigenvalue weighted by atomic mass is 16.2. The van der Waals surface area contributed by atoms with Crippen molar-refractivity contribution < 1.29 is 4.79 Å². The van der Waals surface area contributed by atoms with Crippen LogP contribution in [0.15, 0.2) is 18.6 Å². The van der Waals surface area contributed by atoms with Crippen LogP contribution in [0.25, 0.3) is 0 Å². The molecular weight excluding hydrogens is 184 g/mol. The molecule has 0 aromatic carbocycles. The summed E-state index contributed by atoms with van der Waals surface area (Å²) in [4.78, 5) is 18.0. The molecule has 0 bridgehead atoms. The maximum absolute atomic E-state index is 11.5. The first kappa shape index (κ1) is 8.30. The fraction of sp³-hybridized carbons (Fsp3) is 0. The average Bonchev–Trinajstić information content (AvgIpc) is 2.75. The van der Waals surface area contributed by atoms with E-state index in [4.69, 9.17) is 5.73 Å². The Morgan fingerprint density at radius 2 is 2.43 bits per heavy atom. The summed E-state index contributed by atoms with van der Waals surface area (Å²) < 4.78 is 0. The zero-order valence-electron chi connectivity index (χ0n) is 7.11. The number of nitrogens with one attached hydrogen (secondary N) is 3. The molecule has 72 valence electrons. The van der Waals surface area contributed by atoms with Gasteiger partial charge in [-0.2, -0.15) is 5.10 Å². The minimum atomic E-state index is -0.380. The number of rotatable bonds is 2. The predicted molar refractivity (Wildman–Crippen MR) is 49.5 cm³/mol. The Balaban J connectivity index is 2.14. The van der Waals surface area contributed by atoms with E-state index in [1.54, 1.807) is 6.20 Å². The first-order chi connectivity index (χ1) is 6.77. The SMILES string of the molecule is Nc1cn[nH]c1C(=O)Nc1ncc[nH]1. The van der Waals surface area contributed by atoms with Crippen molar-refractivity contribution in [3.63, 3.8) is 0 Å². The van der Waals surface area contributed by atoms with Crippen LogP contribution in [0.5, 0.6) is 0 Å². The molecule has 7 nitrogen and oxygen atoms in total. The summed E-state index contributed by atoms with van der Waals surface area (Å²) in [6.07, 6.45) is 4.51. The van der Waals surface area contributed by atoms with Crippen molar-refractivity contribution in [2.45, 2.75) is 0 Å². The molecule has 2 rings (SSSR count). The number of hydrogen-bond donors (Lipinski definition) is 4. The number of carbonyl (C=O) groups excluding carboxylic acids is 1. The Morgan fingerprint density at radius 1 is 1.57 bits per heavy atom. The summed E-state index contributed by atoms with van der Waals surface area (Å²) in [6.45, 7) is 0. The summed E-state index contributed by atoms with van der Waals surface area (Å²) in [5, 5.41) is 8.63. The molecule has 1 amide bonds. The standard InChI is InChI=1S/C7H8N6O/c8-4-3-11-13-5(4)6(14)12-7-9-1-2-10-7/h1-3H,8H2,(H,11,13)(H2,9,10,12,14). The monoisotopic (exact) mass is 192 g/mol. The van der Waals surface area contributed by atoms with Gasteiger partial charge in [-0.05, 0) is 0 Å². The third kappa shape index (κ3) is 1.42. The molecule has 2 heterocycles. The summed E-state index contributed by atoms with van der Waals surface area (Å²) in [7, 11) is 0. The van der Waals surface area contributed by atoms with E-state index in [2.05, 4.69) is 25.5 Å². The van der Waals surface area contributed by atoms with E-state index in [-0.39, 0.29) is 11.6 Å². The third-order valence-corrected chi connectivity index (χ3v) is 1.63. The molecule has 0 saturated heterocycles. The lowest BCUT2D eigenvalue weighted by Gasteiger charge is -1.99. The third-order valence-electron chi connectivity index (χ3n) is 1.63. The van der Waals surface area contributed by atoms with E-state index >= 15 is 0 Å². The number of nitrogens with zero attached hydrogens (tertiary/aromatic N) is 2. The van der Waals surface area contributed by atoms with Gasteiger partial charge in [0.25, 0.3) is 5.91 Å². The van der Waals surface area contributed by atoms with Crippen LogP contribution in [0.1, 0.15) is 10.5 Å². The number of anilines is 2. The van der Waals surface area contributed by atoms with Gasteiger partial charge >= 0.3 is 0 Å². The first-order valence-corrected chi connectivity index (χ1v) is 3.87. The molecule has 14 heavy (non-hydrogen) atoms. The van der Waals surface area contributed by atoms with Crippen LogP contribution in [-0.2, 0) is 0 Å². The second-order valence-corrected chi connectivity index (χ2v) is 2.59. The molecule has 0 aliphatic heterocycles. The molecule has 0 aliphatic carbocycles. The quantitative estimate of drug-likeness (QED) is 0.535. The zero-order chi connectivity index (χ0) is 9.97. The van der Waals surface area contributed by atoms with Crippen molar-refractivity contribution in [2.75, 3.05) is 11.1 Å². The van der Waals surface area contributed by atoms with Gasteiger partial charge in [0.05, 0.1) is 11.9 Å². The number of imidazole rings is 1. The van der Waals surface area contributed by atoms with Crippen LogP contribution in [0.3, 0.4) is 0 Å². The predicted octanol–water partition coefficient (Wildman–Crippen LogP) is -0.0327. The molecule has 0 unspecified atom stereocenters. The van der Waals surface area contributed by atoms with Gasteiger partial charge in [-0.1, -0.05) is 0 Å². The van der Waals surface area contributed by atoms with Gasteiger partial charge in [-0.25, -0.2) is 4.98 Å². The van der Waals surface area contributed by atoms with E-state index in [0.29, 0.717) is 11.6 Å². The van der Waals surface area contributed by atoms with E-state index in [9.17, 15) is 4.79 Å². The topological polar surface area (TPSA) is 112 Å². The van der Waals surface area contributed by atoms with Crippen molar-refractivity contribution in [1.82, 2.24) is 20.2 Å². The summed E-state index contributed by atoms with van der Waals surface area (Å²) in [6, 6.07) is 0. The summed E-state index contributed by atoms with van der Waals surface area (Å²) in [5.74, 6) is -0.0149. The van der Waals surface area contributed by atoms with Crippen LogP contribution in [0, 0.1) is 0 Å². The van der Waals surface area contributed by atoms with E-state index in [1.807, 2.05) is 0 Å². The molecule has 2 aromatic rings. The molecule has 7 heteroatoms. The number of aromatic nitrogens is 4. The van der Waals surface area contributed by atoms with Gasteiger partial charge in [0.15, 0.2) is 0 Å². The fourth-order valence-electron chi connectivity index (χ4n) is 0.981. The second kappa shape index (κ2) is 3.21. The number of nitrogen functional groups attached to an aromatic ring is 1.